The summed E-state index contributed by atoms with van der Waals surface area (Å²) in [5.74, 6) is 0. The van der Waals surface area contributed by atoms with E-state index >= 15 is 0 Å². The topological polar surface area (TPSA) is 72.3 Å². The lowest BCUT2D eigenvalue weighted by molar-refractivity contribution is 0.364. The van der Waals surface area contributed by atoms with Gasteiger partial charge >= 0.3 is 0 Å². The molecule has 0 aliphatic carbocycles. The van der Waals surface area contributed by atoms with E-state index in [1.54, 1.807) is 4.31 Å². The number of nitrogens with zero attached hydrogens (tertiary/aromatic N) is 3. The van der Waals surface area contributed by atoms with Crippen molar-refractivity contribution in [2.45, 2.75) is 37.0 Å². The molecule has 0 unspecified atom stereocenters. The maximum absolute atomic E-state index is 12.9. The molecule has 0 spiro atoms. The lowest BCUT2D eigenvalue weighted by Crippen LogP contribution is -2.33. The molecule has 1 aromatic heterocycles. The van der Waals surface area contributed by atoms with Crippen molar-refractivity contribution in [2.75, 3.05) is 13.1 Å². The number of benzene rings is 1. The summed E-state index contributed by atoms with van der Waals surface area (Å²) in [6.07, 6.45) is 6.29. The van der Waals surface area contributed by atoms with Gasteiger partial charge in [-0.15, -0.1) is 0 Å². The van der Waals surface area contributed by atoms with Crippen molar-refractivity contribution < 1.29 is 8.42 Å². The monoisotopic (exact) mass is 415 g/mol. The molecule has 9 heteroatoms. The summed E-state index contributed by atoms with van der Waals surface area (Å²) >= 11 is 11.6. The van der Waals surface area contributed by atoms with Crippen molar-refractivity contribution >= 4 is 33.2 Å². The average Bonchev–Trinajstić information content (AvgIpc) is 2.59. The predicted molar refractivity (Wildman–Crippen MR) is 102 cm³/mol. The standard InChI is InChI=1S/C17H19Cl2N3O3S/c18-15-12-20-22(17(23)16(15)19)13-6-8-14(9-7-13)26(24,25)21-10-4-2-1-3-5-11-21/h6-9,12H,1-5,10-11H2. The zero-order valence-electron chi connectivity index (χ0n) is 14.1. The number of rotatable bonds is 3. The van der Waals surface area contributed by atoms with Crippen LogP contribution < -0.4 is 5.56 Å². The highest BCUT2D eigenvalue weighted by Gasteiger charge is 2.24. The first-order valence-corrected chi connectivity index (χ1v) is 10.6. The third-order valence-electron chi connectivity index (χ3n) is 4.41. The van der Waals surface area contributed by atoms with Crippen LogP contribution in [0.25, 0.3) is 5.69 Å². The molecule has 0 N–H and O–H groups in total. The summed E-state index contributed by atoms with van der Waals surface area (Å²) in [4.78, 5) is 12.4. The Morgan fingerprint density at radius 2 is 1.50 bits per heavy atom. The molecular weight excluding hydrogens is 397 g/mol. The molecule has 2 aromatic rings. The molecule has 0 saturated carbocycles. The first-order valence-electron chi connectivity index (χ1n) is 8.45. The van der Waals surface area contributed by atoms with E-state index in [4.69, 9.17) is 23.2 Å². The van der Waals surface area contributed by atoms with Gasteiger partial charge in [0.05, 0.1) is 21.8 Å². The van der Waals surface area contributed by atoms with E-state index < -0.39 is 15.6 Å². The second-order valence-electron chi connectivity index (χ2n) is 6.19. The van der Waals surface area contributed by atoms with Gasteiger partial charge in [-0.25, -0.2) is 8.42 Å². The highest BCUT2D eigenvalue weighted by Crippen LogP contribution is 2.21. The van der Waals surface area contributed by atoms with E-state index in [-0.39, 0.29) is 14.9 Å². The fourth-order valence-electron chi connectivity index (χ4n) is 2.96. The van der Waals surface area contributed by atoms with Crippen LogP contribution >= 0.6 is 23.2 Å². The molecule has 1 fully saturated rings. The predicted octanol–water partition coefficient (Wildman–Crippen LogP) is 3.49. The van der Waals surface area contributed by atoms with Gasteiger partial charge in [0.15, 0.2) is 0 Å². The molecule has 140 valence electrons. The summed E-state index contributed by atoms with van der Waals surface area (Å²) < 4.78 is 28.4. The second kappa shape index (κ2) is 8.08. The molecule has 1 saturated heterocycles. The molecular formula is C17H19Cl2N3O3S. The zero-order valence-corrected chi connectivity index (χ0v) is 16.4. The molecule has 3 rings (SSSR count). The first-order chi connectivity index (χ1) is 12.4. The summed E-state index contributed by atoms with van der Waals surface area (Å²) in [6, 6.07) is 6.05. The van der Waals surface area contributed by atoms with Gasteiger partial charge in [-0.05, 0) is 37.1 Å². The minimum Gasteiger partial charge on any atom is -0.266 e. The van der Waals surface area contributed by atoms with E-state index in [9.17, 15) is 13.2 Å². The molecule has 26 heavy (non-hydrogen) atoms. The molecule has 6 nitrogen and oxygen atoms in total. The Kier molecular flexibility index (Phi) is 6.02. The van der Waals surface area contributed by atoms with E-state index in [1.165, 1.54) is 30.5 Å². The number of hydrogen-bond donors (Lipinski definition) is 0. The van der Waals surface area contributed by atoms with Gasteiger partial charge in [0, 0.05) is 13.1 Å². The van der Waals surface area contributed by atoms with Gasteiger partial charge in [0.2, 0.25) is 10.0 Å². The largest absolute Gasteiger partial charge is 0.291 e. The average molecular weight is 416 g/mol. The Bertz CT molecular complexity index is 935. The minimum absolute atomic E-state index is 0.0733. The van der Waals surface area contributed by atoms with Gasteiger partial charge < -0.3 is 0 Å². The third kappa shape index (κ3) is 3.96. The van der Waals surface area contributed by atoms with Crippen LogP contribution in [-0.2, 0) is 10.0 Å². The van der Waals surface area contributed by atoms with Crippen LogP contribution in [0.4, 0.5) is 0 Å². The second-order valence-corrected chi connectivity index (χ2v) is 8.91. The summed E-state index contributed by atoms with van der Waals surface area (Å²) in [7, 11) is -3.55. The van der Waals surface area contributed by atoms with E-state index in [0.29, 0.717) is 18.8 Å². The van der Waals surface area contributed by atoms with E-state index in [2.05, 4.69) is 5.10 Å². The Labute approximate surface area is 162 Å². The first kappa shape index (κ1) is 19.4. The van der Waals surface area contributed by atoms with E-state index in [1.807, 2.05) is 0 Å². The van der Waals surface area contributed by atoms with Crippen molar-refractivity contribution in [3.8, 4) is 5.69 Å². The minimum atomic E-state index is -3.55. The molecule has 0 atom stereocenters. The molecule has 2 heterocycles. The lowest BCUT2D eigenvalue weighted by atomic mass is 10.1. The number of aromatic nitrogens is 2. The number of sulfonamides is 1. The zero-order chi connectivity index (χ0) is 18.7. The van der Waals surface area contributed by atoms with Crippen LogP contribution in [0.3, 0.4) is 0 Å². The van der Waals surface area contributed by atoms with E-state index in [0.717, 1.165) is 36.8 Å². The Morgan fingerprint density at radius 3 is 2.12 bits per heavy atom. The summed E-state index contributed by atoms with van der Waals surface area (Å²) in [6.45, 7) is 1.08. The normalized spacial score (nSPS) is 16.8. The van der Waals surface area contributed by atoms with Crippen LogP contribution in [0.5, 0.6) is 0 Å². The molecule has 1 aliphatic rings. The van der Waals surface area contributed by atoms with Crippen molar-refractivity contribution in [3.63, 3.8) is 0 Å². The Morgan fingerprint density at radius 1 is 0.923 bits per heavy atom. The van der Waals surface area contributed by atoms with Crippen molar-refractivity contribution in [3.05, 3.63) is 50.9 Å². The number of hydrogen-bond acceptors (Lipinski definition) is 4. The van der Waals surface area contributed by atoms with Crippen molar-refractivity contribution in [1.29, 1.82) is 0 Å². The SMILES string of the molecule is O=c1c(Cl)c(Cl)cnn1-c1ccc(S(=O)(=O)N2CCCCCCC2)cc1. The third-order valence-corrected chi connectivity index (χ3v) is 7.07. The molecule has 1 aliphatic heterocycles. The maximum atomic E-state index is 12.9. The van der Waals surface area contributed by atoms with Crippen LogP contribution in [0.2, 0.25) is 10.0 Å². The molecule has 0 radical (unpaired) electrons. The van der Waals surface area contributed by atoms with Gasteiger partial charge in [-0.1, -0.05) is 42.5 Å². The fraction of sp³-hybridized carbons (Fsp3) is 0.412. The molecule has 1 aromatic carbocycles. The van der Waals surface area contributed by atoms with Crippen LogP contribution in [-0.4, -0.2) is 35.6 Å². The van der Waals surface area contributed by atoms with Crippen LogP contribution in [0.1, 0.15) is 32.1 Å². The lowest BCUT2D eigenvalue weighted by Gasteiger charge is -2.24. The summed E-state index contributed by atoms with van der Waals surface area (Å²) in [5.41, 5.74) is -0.140. The van der Waals surface area contributed by atoms with Crippen molar-refractivity contribution in [2.24, 2.45) is 0 Å². The highest BCUT2D eigenvalue weighted by molar-refractivity contribution is 7.89. The van der Waals surface area contributed by atoms with Gasteiger partial charge in [0.25, 0.3) is 5.56 Å². The fourth-order valence-corrected chi connectivity index (χ4v) is 4.73. The summed E-state index contributed by atoms with van der Waals surface area (Å²) in [5, 5.41) is 3.89. The number of halogens is 2. The van der Waals surface area contributed by atoms with Crippen LogP contribution in [0, 0.1) is 0 Å². The van der Waals surface area contributed by atoms with Crippen molar-refractivity contribution in [1.82, 2.24) is 14.1 Å². The smallest absolute Gasteiger partial charge is 0.266 e. The molecule has 0 amide bonds. The maximum Gasteiger partial charge on any atom is 0.291 e. The quantitative estimate of drug-likeness (QED) is 0.768. The molecule has 0 bridgehead atoms. The Balaban J connectivity index is 1.89. The van der Waals surface area contributed by atoms with Gasteiger partial charge in [-0.2, -0.15) is 14.1 Å². The van der Waals surface area contributed by atoms with Crippen LogP contribution in [0.15, 0.2) is 40.2 Å². The Hall–Kier alpha value is -1.41. The highest BCUT2D eigenvalue weighted by atomic mass is 35.5. The van der Waals surface area contributed by atoms with Gasteiger partial charge in [0.1, 0.15) is 5.02 Å². The van der Waals surface area contributed by atoms with Gasteiger partial charge in [-0.3, -0.25) is 4.79 Å².